The summed E-state index contributed by atoms with van der Waals surface area (Å²) in [6.07, 6.45) is 3.63. The first-order valence-electron chi connectivity index (χ1n) is 10.4. The maximum atomic E-state index is 13.6. The van der Waals surface area contributed by atoms with Crippen molar-refractivity contribution in [3.8, 4) is 22.5 Å². The minimum atomic E-state index is -0.285. The van der Waals surface area contributed by atoms with Crippen LogP contribution < -0.4 is 0 Å². The molecule has 4 aromatic rings. The van der Waals surface area contributed by atoms with Crippen LogP contribution in [0.5, 0.6) is 0 Å². The summed E-state index contributed by atoms with van der Waals surface area (Å²) in [6.45, 7) is 3.73. The second-order valence-corrected chi connectivity index (χ2v) is 7.88. The van der Waals surface area contributed by atoms with Crippen molar-refractivity contribution in [1.82, 2.24) is 24.8 Å². The summed E-state index contributed by atoms with van der Waals surface area (Å²) in [5.41, 5.74) is 4.04. The van der Waals surface area contributed by atoms with Crippen LogP contribution in [-0.2, 0) is 11.3 Å². The van der Waals surface area contributed by atoms with E-state index in [1.54, 1.807) is 18.3 Å². The summed E-state index contributed by atoms with van der Waals surface area (Å²) in [4.78, 5) is 11.8. The number of aromatic nitrogens is 5. The fourth-order valence-electron chi connectivity index (χ4n) is 4.13. The van der Waals surface area contributed by atoms with E-state index in [1.807, 2.05) is 22.9 Å². The van der Waals surface area contributed by atoms with E-state index in [4.69, 9.17) is 4.74 Å². The Labute approximate surface area is 178 Å². The molecule has 0 atom stereocenters. The molecular formula is C23H22FN5O2. The molecule has 1 fully saturated rings. The van der Waals surface area contributed by atoms with Crippen molar-refractivity contribution in [2.75, 3.05) is 13.2 Å². The van der Waals surface area contributed by atoms with Gasteiger partial charge in [-0.25, -0.2) is 13.8 Å². The normalized spacial score (nSPS) is 14.9. The second kappa shape index (κ2) is 8.03. The highest BCUT2D eigenvalue weighted by Crippen LogP contribution is 2.33. The summed E-state index contributed by atoms with van der Waals surface area (Å²) in [6, 6.07) is 12.1. The van der Waals surface area contributed by atoms with Crippen LogP contribution in [-0.4, -0.2) is 43.9 Å². The number of carbonyl (C=O) groups is 1. The molecule has 158 valence electrons. The van der Waals surface area contributed by atoms with Crippen molar-refractivity contribution in [1.29, 1.82) is 0 Å². The second-order valence-electron chi connectivity index (χ2n) is 7.88. The van der Waals surface area contributed by atoms with Crippen LogP contribution in [0, 0.1) is 11.7 Å². The Balaban J connectivity index is 1.60. The lowest BCUT2D eigenvalue weighted by Crippen LogP contribution is -2.21. The fraction of sp³-hybridized carbons (Fsp3) is 0.304. The van der Waals surface area contributed by atoms with Gasteiger partial charge in [0.25, 0.3) is 0 Å². The molecular weight excluding hydrogens is 397 g/mol. The molecule has 0 amide bonds. The maximum Gasteiger partial charge on any atom is 0.244 e. The number of halogens is 1. The van der Waals surface area contributed by atoms with Crippen LogP contribution in [0.2, 0.25) is 0 Å². The number of benzene rings is 2. The molecule has 8 heteroatoms. The minimum absolute atomic E-state index is 0.142. The van der Waals surface area contributed by atoms with Crippen molar-refractivity contribution in [3.63, 3.8) is 0 Å². The number of ether oxygens (including phenoxy) is 1. The summed E-state index contributed by atoms with van der Waals surface area (Å²) in [7, 11) is 0. The minimum Gasteiger partial charge on any atom is -0.381 e. The van der Waals surface area contributed by atoms with Gasteiger partial charge < -0.3 is 4.74 Å². The Morgan fingerprint density at radius 3 is 2.61 bits per heavy atom. The third kappa shape index (κ3) is 3.74. The lowest BCUT2D eigenvalue weighted by molar-refractivity contribution is 0.0601. The van der Waals surface area contributed by atoms with Gasteiger partial charge >= 0.3 is 0 Å². The predicted octanol–water partition coefficient (Wildman–Crippen LogP) is 4.19. The fourth-order valence-corrected chi connectivity index (χ4v) is 4.13. The highest BCUT2D eigenvalue weighted by Gasteiger charge is 2.22. The molecule has 2 aromatic heterocycles. The molecule has 31 heavy (non-hydrogen) atoms. The van der Waals surface area contributed by atoms with Gasteiger partial charge in [-0.05, 0) is 55.2 Å². The zero-order chi connectivity index (χ0) is 21.4. The molecule has 2 aromatic carbocycles. The number of carbonyl (C=O) groups excluding carboxylic acids is 1. The topological polar surface area (TPSA) is 74.8 Å². The van der Waals surface area contributed by atoms with Crippen molar-refractivity contribution in [3.05, 3.63) is 54.5 Å². The first-order chi connectivity index (χ1) is 15.1. The van der Waals surface area contributed by atoms with Gasteiger partial charge in [0.15, 0.2) is 0 Å². The van der Waals surface area contributed by atoms with Gasteiger partial charge in [-0.2, -0.15) is 5.10 Å². The average molecular weight is 419 g/mol. The van der Waals surface area contributed by atoms with E-state index in [0.29, 0.717) is 5.92 Å². The summed E-state index contributed by atoms with van der Waals surface area (Å²) >= 11 is 0. The number of fused-ring (bicyclic) bond motifs is 1. The molecule has 0 N–H and O–H groups in total. The molecule has 0 aliphatic carbocycles. The standard InChI is InChI=1S/C23H22FN5O2/c1-15(30)29-21-7-4-18(12-19(21)13-25-29)22-23(17-2-5-20(24)6-3-17)28(27-26-22)14-16-8-10-31-11-9-16/h2-7,12-13,16H,8-11,14H2,1H3. The molecule has 1 saturated heterocycles. The first kappa shape index (κ1) is 19.6. The summed E-state index contributed by atoms with van der Waals surface area (Å²) in [5.74, 6) is 0.0303. The Bertz CT molecular complexity index is 1240. The van der Waals surface area contributed by atoms with E-state index in [1.165, 1.54) is 23.7 Å². The Hall–Kier alpha value is -3.39. The largest absolute Gasteiger partial charge is 0.381 e. The number of rotatable bonds is 4. The molecule has 3 heterocycles. The average Bonchev–Trinajstić information content (AvgIpc) is 3.39. The molecule has 0 saturated carbocycles. The Kier molecular flexibility index (Phi) is 5.07. The van der Waals surface area contributed by atoms with Crippen LogP contribution in [0.25, 0.3) is 33.4 Å². The molecule has 1 aliphatic heterocycles. The number of hydrogen-bond donors (Lipinski definition) is 0. The summed E-state index contributed by atoms with van der Waals surface area (Å²) < 4.78 is 22.4. The maximum absolute atomic E-state index is 13.6. The zero-order valence-electron chi connectivity index (χ0n) is 17.2. The van der Waals surface area contributed by atoms with Crippen molar-refractivity contribution >= 4 is 16.8 Å². The van der Waals surface area contributed by atoms with Gasteiger partial charge in [-0.3, -0.25) is 4.79 Å². The molecule has 7 nitrogen and oxygen atoms in total. The first-order valence-corrected chi connectivity index (χ1v) is 10.4. The Morgan fingerprint density at radius 2 is 1.87 bits per heavy atom. The van der Waals surface area contributed by atoms with Crippen molar-refractivity contribution in [2.45, 2.75) is 26.3 Å². The third-order valence-electron chi connectivity index (χ3n) is 5.76. The van der Waals surface area contributed by atoms with E-state index >= 15 is 0 Å². The molecule has 1 aliphatic rings. The Morgan fingerprint density at radius 1 is 1.13 bits per heavy atom. The van der Waals surface area contributed by atoms with Crippen LogP contribution in [0.3, 0.4) is 0 Å². The monoisotopic (exact) mass is 419 g/mol. The number of hydrogen-bond acceptors (Lipinski definition) is 5. The van der Waals surface area contributed by atoms with E-state index in [-0.39, 0.29) is 11.7 Å². The lowest BCUT2D eigenvalue weighted by Gasteiger charge is -2.22. The highest BCUT2D eigenvalue weighted by atomic mass is 19.1. The molecule has 0 bridgehead atoms. The SMILES string of the molecule is CC(=O)n1ncc2cc(-c3nnn(CC4CCOCC4)c3-c3ccc(F)cc3)ccc21. The van der Waals surface area contributed by atoms with Gasteiger partial charge in [0.05, 0.1) is 17.4 Å². The van der Waals surface area contributed by atoms with E-state index in [0.717, 1.165) is 66.0 Å². The smallest absolute Gasteiger partial charge is 0.244 e. The lowest BCUT2D eigenvalue weighted by atomic mass is 9.99. The predicted molar refractivity (Wildman–Crippen MR) is 114 cm³/mol. The van der Waals surface area contributed by atoms with Crippen molar-refractivity contribution in [2.24, 2.45) is 5.92 Å². The van der Waals surface area contributed by atoms with Gasteiger partial charge in [0, 0.05) is 43.2 Å². The van der Waals surface area contributed by atoms with Crippen LogP contribution in [0.1, 0.15) is 24.6 Å². The van der Waals surface area contributed by atoms with Crippen LogP contribution in [0.4, 0.5) is 4.39 Å². The number of nitrogens with zero attached hydrogens (tertiary/aromatic N) is 5. The van der Waals surface area contributed by atoms with Gasteiger partial charge in [-0.15, -0.1) is 5.10 Å². The van der Waals surface area contributed by atoms with Gasteiger partial charge in [0.1, 0.15) is 11.5 Å². The van der Waals surface area contributed by atoms with Crippen LogP contribution in [0.15, 0.2) is 48.7 Å². The molecule has 0 radical (unpaired) electrons. The molecule has 0 spiro atoms. The van der Waals surface area contributed by atoms with Crippen LogP contribution >= 0.6 is 0 Å². The quantitative estimate of drug-likeness (QED) is 0.496. The van der Waals surface area contributed by atoms with Gasteiger partial charge in [0.2, 0.25) is 5.91 Å². The van der Waals surface area contributed by atoms with E-state index in [2.05, 4.69) is 15.4 Å². The highest BCUT2D eigenvalue weighted by molar-refractivity contribution is 5.92. The van der Waals surface area contributed by atoms with Crippen molar-refractivity contribution < 1.29 is 13.9 Å². The summed E-state index contributed by atoms with van der Waals surface area (Å²) in [5, 5.41) is 14.0. The van der Waals surface area contributed by atoms with Gasteiger partial charge in [-0.1, -0.05) is 11.3 Å². The zero-order valence-corrected chi connectivity index (χ0v) is 17.2. The van der Waals surface area contributed by atoms with E-state index < -0.39 is 0 Å². The van der Waals surface area contributed by atoms with E-state index in [9.17, 15) is 9.18 Å². The third-order valence-corrected chi connectivity index (χ3v) is 5.76. The molecule has 5 rings (SSSR count). The molecule has 0 unspecified atom stereocenters.